The van der Waals surface area contributed by atoms with Gasteiger partial charge >= 0.3 is 0 Å². The lowest BCUT2D eigenvalue weighted by molar-refractivity contribution is -0.121. The van der Waals surface area contributed by atoms with Crippen LogP contribution in [0.1, 0.15) is 11.1 Å². The van der Waals surface area contributed by atoms with E-state index in [1.54, 1.807) is 12.1 Å². The number of aryl methyl sites for hydroxylation is 1. The van der Waals surface area contributed by atoms with E-state index < -0.39 is 15.9 Å². The van der Waals surface area contributed by atoms with Gasteiger partial charge in [0.15, 0.2) is 0 Å². The highest BCUT2D eigenvalue weighted by Gasteiger charge is 2.22. The Morgan fingerprint density at radius 3 is 2.56 bits per heavy atom. The first kappa shape index (κ1) is 19.3. The summed E-state index contributed by atoms with van der Waals surface area (Å²) in [6, 6.07) is 13.8. The minimum Gasteiger partial charge on any atom is -0.272 e. The molecule has 0 saturated heterocycles. The molecule has 0 unspecified atom stereocenters. The maximum Gasteiger partial charge on any atom is 0.255 e. The van der Waals surface area contributed by atoms with Gasteiger partial charge in [-0.05, 0) is 36.8 Å². The fraction of sp³-hybridized carbons (Fsp3) is 0.176. The van der Waals surface area contributed by atoms with Gasteiger partial charge in [0.2, 0.25) is 10.0 Å². The number of nitrogens with one attached hydrogen (secondary N) is 1. The highest BCUT2D eigenvalue weighted by molar-refractivity contribution is 9.10. The highest BCUT2D eigenvalue weighted by atomic mass is 79.9. The number of hydrogen-bond acceptors (Lipinski definition) is 4. The third kappa shape index (κ3) is 5.48. The molecule has 0 fully saturated rings. The Kier molecular flexibility index (Phi) is 6.46. The lowest BCUT2D eigenvalue weighted by atomic mass is 10.2. The monoisotopic (exact) mass is 423 g/mol. The fourth-order valence-corrected chi connectivity index (χ4v) is 3.43. The summed E-state index contributed by atoms with van der Waals surface area (Å²) in [5.41, 5.74) is 4.25. The average molecular weight is 424 g/mol. The van der Waals surface area contributed by atoms with E-state index in [2.05, 4.69) is 26.5 Å². The molecule has 25 heavy (non-hydrogen) atoms. The van der Waals surface area contributed by atoms with Crippen LogP contribution in [-0.4, -0.2) is 38.4 Å². The summed E-state index contributed by atoms with van der Waals surface area (Å²) in [6.45, 7) is 1.63. The molecule has 0 spiro atoms. The van der Waals surface area contributed by atoms with Gasteiger partial charge in [-0.3, -0.25) is 4.79 Å². The predicted octanol–water partition coefficient (Wildman–Crippen LogP) is 2.53. The molecule has 8 heteroatoms. The minimum atomic E-state index is -3.73. The van der Waals surface area contributed by atoms with Crippen LogP contribution in [-0.2, 0) is 14.8 Å². The second kappa shape index (κ2) is 8.37. The number of likely N-dealkylation sites (N-methyl/N-ethyl adjacent to an activating group) is 1. The highest BCUT2D eigenvalue weighted by Crippen LogP contribution is 2.17. The van der Waals surface area contributed by atoms with E-state index in [9.17, 15) is 13.2 Å². The van der Waals surface area contributed by atoms with Gasteiger partial charge in [0.25, 0.3) is 5.91 Å². The standard InChI is InChI=1S/C17H18BrN3O3S/c1-13-4-3-5-14(10-13)11-19-20-17(22)12-21(2)25(23,24)16-8-6-15(18)7-9-16/h3-11H,12H2,1-2H3,(H,20,22). The largest absolute Gasteiger partial charge is 0.272 e. The third-order valence-corrected chi connectivity index (χ3v) is 5.68. The zero-order valence-electron chi connectivity index (χ0n) is 13.8. The topological polar surface area (TPSA) is 78.8 Å². The molecule has 0 bridgehead atoms. The Bertz CT molecular complexity index is 880. The van der Waals surface area contributed by atoms with Crippen LogP contribution in [0.4, 0.5) is 0 Å². The summed E-state index contributed by atoms with van der Waals surface area (Å²) < 4.78 is 26.6. The molecule has 6 nitrogen and oxygen atoms in total. The van der Waals surface area contributed by atoms with Crippen molar-refractivity contribution in [3.8, 4) is 0 Å². The summed E-state index contributed by atoms with van der Waals surface area (Å²) in [7, 11) is -2.39. The SMILES string of the molecule is Cc1cccc(C=NNC(=O)CN(C)S(=O)(=O)c2ccc(Br)cc2)c1. The second-order valence-electron chi connectivity index (χ2n) is 5.42. The van der Waals surface area contributed by atoms with Crippen molar-refractivity contribution in [1.82, 2.24) is 9.73 Å². The number of amides is 1. The number of rotatable bonds is 6. The maximum atomic E-state index is 12.4. The van der Waals surface area contributed by atoms with Crippen molar-refractivity contribution in [3.05, 3.63) is 64.1 Å². The zero-order valence-corrected chi connectivity index (χ0v) is 16.2. The number of carbonyl (C=O) groups excluding carboxylic acids is 1. The molecule has 0 aliphatic heterocycles. The van der Waals surface area contributed by atoms with E-state index >= 15 is 0 Å². The molecule has 2 aromatic rings. The van der Waals surface area contributed by atoms with Gasteiger partial charge in [-0.2, -0.15) is 9.41 Å². The molecule has 0 heterocycles. The first-order valence-corrected chi connectivity index (χ1v) is 9.63. The maximum absolute atomic E-state index is 12.4. The number of nitrogens with zero attached hydrogens (tertiary/aromatic N) is 2. The van der Waals surface area contributed by atoms with Crippen molar-refractivity contribution in [2.24, 2.45) is 5.10 Å². The summed E-state index contributed by atoms with van der Waals surface area (Å²) in [5, 5.41) is 3.85. The summed E-state index contributed by atoms with van der Waals surface area (Å²) in [5.74, 6) is -0.521. The number of hydrogen-bond donors (Lipinski definition) is 1. The zero-order chi connectivity index (χ0) is 18.4. The van der Waals surface area contributed by atoms with Crippen LogP contribution in [0.3, 0.4) is 0 Å². The fourth-order valence-electron chi connectivity index (χ4n) is 2.04. The molecule has 0 radical (unpaired) electrons. The Morgan fingerprint density at radius 2 is 1.92 bits per heavy atom. The van der Waals surface area contributed by atoms with E-state index in [4.69, 9.17) is 0 Å². The Morgan fingerprint density at radius 1 is 1.24 bits per heavy atom. The molecule has 1 N–H and O–H groups in total. The van der Waals surface area contributed by atoms with Gasteiger partial charge in [0.05, 0.1) is 17.7 Å². The summed E-state index contributed by atoms with van der Waals surface area (Å²) >= 11 is 3.25. The molecule has 0 saturated carbocycles. The van der Waals surface area contributed by atoms with Crippen molar-refractivity contribution in [2.45, 2.75) is 11.8 Å². The van der Waals surface area contributed by atoms with E-state index in [1.807, 2.05) is 31.2 Å². The second-order valence-corrected chi connectivity index (χ2v) is 8.38. The molecular weight excluding hydrogens is 406 g/mol. The van der Waals surface area contributed by atoms with Gasteiger partial charge in [0.1, 0.15) is 0 Å². The lowest BCUT2D eigenvalue weighted by Gasteiger charge is -2.16. The van der Waals surface area contributed by atoms with Crippen molar-refractivity contribution in [2.75, 3.05) is 13.6 Å². The van der Waals surface area contributed by atoms with E-state index in [0.717, 1.165) is 19.9 Å². The molecule has 2 rings (SSSR count). The molecule has 0 aromatic heterocycles. The quantitative estimate of drug-likeness (QED) is 0.572. The minimum absolute atomic E-state index is 0.120. The molecule has 2 aromatic carbocycles. The average Bonchev–Trinajstić information content (AvgIpc) is 2.55. The van der Waals surface area contributed by atoms with Gasteiger partial charge < -0.3 is 0 Å². The summed E-state index contributed by atoms with van der Waals surface area (Å²) in [4.78, 5) is 12.0. The molecule has 0 aliphatic carbocycles. The van der Waals surface area contributed by atoms with E-state index in [1.165, 1.54) is 25.4 Å². The van der Waals surface area contributed by atoms with Crippen LogP contribution in [0.25, 0.3) is 0 Å². The first-order valence-electron chi connectivity index (χ1n) is 7.39. The van der Waals surface area contributed by atoms with Gasteiger partial charge in [-0.1, -0.05) is 45.8 Å². The van der Waals surface area contributed by atoms with E-state index in [-0.39, 0.29) is 11.4 Å². The lowest BCUT2D eigenvalue weighted by Crippen LogP contribution is -2.36. The molecule has 132 valence electrons. The van der Waals surface area contributed by atoms with Gasteiger partial charge in [-0.25, -0.2) is 13.8 Å². The number of carbonyl (C=O) groups is 1. The molecule has 0 aliphatic rings. The first-order chi connectivity index (χ1) is 11.8. The van der Waals surface area contributed by atoms with Gasteiger partial charge in [-0.15, -0.1) is 0 Å². The predicted molar refractivity (Wildman–Crippen MR) is 101 cm³/mol. The number of halogens is 1. The molecule has 1 amide bonds. The number of sulfonamides is 1. The Hall–Kier alpha value is -2.03. The van der Waals surface area contributed by atoms with Crippen LogP contribution in [0.5, 0.6) is 0 Å². The number of hydrazone groups is 1. The summed E-state index contributed by atoms with van der Waals surface area (Å²) in [6.07, 6.45) is 1.51. The smallest absolute Gasteiger partial charge is 0.255 e. The van der Waals surface area contributed by atoms with Gasteiger partial charge in [0, 0.05) is 11.5 Å². The van der Waals surface area contributed by atoms with Crippen LogP contribution < -0.4 is 5.43 Å². The van der Waals surface area contributed by atoms with Crippen LogP contribution in [0, 0.1) is 6.92 Å². The Balaban J connectivity index is 1.96. The van der Waals surface area contributed by atoms with Crippen molar-refractivity contribution in [3.63, 3.8) is 0 Å². The molecular formula is C17H18BrN3O3S. The van der Waals surface area contributed by atoms with Crippen LogP contribution in [0.2, 0.25) is 0 Å². The normalized spacial score (nSPS) is 11.8. The van der Waals surface area contributed by atoms with Crippen molar-refractivity contribution in [1.29, 1.82) is 0 Å². The third-order valence-electron chi connectivity index (χ3n) is 3.33. The number of benzene rings is 2. The molecule has 0 atom stereocenters. The van der Waals surface area contributed by atoms with Crippen LogP contribution >= 0.6 is 15.9 Å². The van der Waals surface area contributed by atoms with Crippen molar-refractivity contribution < 1.29 is 13.2 Å². The van der Waals surface area contributed by atoms with Crippen molar-refractivity contribution >= 4 is 38.1 Å². The van der Waals surface area contributed by atoms with Crippen LogP contribution in [0.15, 0.2) is 63.0 Å². The van der Waals surface area contributed by atoms with E-state index in [0.29, 0.717) is 0 Å². The Labute approximate surface area is 155 Å².